The zero-order valence-electron chi connectivity index (χ0n) is 13.7. The Hall–Kier alpha value is -0.980. The van der Waals surface area contributed by atoms with Gasteiger partial charge in [0.05, 0.1) is 6.04 Å². The number of likely N-dealkylation sites (tertiary alicyclic amines) is 1. The molecule has 1 aromatic carbocycles. The van der Waals surface area contributed by atoms with Crippen LogP contribution >= 0.6 is 22.6 Å². The van der Waals surface area contributed by atoms with Crippen LogP contribution in [0.1, 0.15) is 39.2 Å². The molecule has 1 atom stereocenters. The number of amides is 1. The van der Waals surface area contributed by atoms with Gasteiger partial charge in [-0.2, -0.15) is 0 Å². The average Bonchev–Trinajstić information content (AvgIpc) is 2.84. The fourth-order valence-electron chi connectivity index (χ4n) is 2.53. The predicted molar refractivity (Wildman–Crippen MR) is 95.4 cm³/mol. The van der Waals surface area contributed by atoms with Crippen molar-refractivity contribution in [1.29, 1.82) is 0 Å². The van der Waals surface area contributed by atoms with Crippen molar-refractivity contribution in [2.24, 2.45) is 0 Å². The van der Waals surface area contributed by atoms with Gasteiger partial charge in [0, 0.05) is 10.1 Å². The van der Waals surface area contributed by atoms with Gasteiger partial charge >= 0.3 is 6.09 Å². The van der Waals surface area contributed by atoms with Crippen LogP contribution in [0.2, 0.25) is 0 Å². The Morgan fingerprint density at radius 3 is 2.77 bits per heavy atom. The molecule has 0 aromatic heterocycles. The highest BCUT2D eigenvalue weighted by Crippen LogP contribution is 2.24. The fourth-order valence-corrected chi connectivity index (χ4v) is 3.18. The molecule has 1 aliphatic rings. The molecule has 122 valence electrons. The summed E-state index contributed by atoms with van der Waals surface area (Å²) in [6.45, 7) is 8.97. The van der Waals surface area contributed by atoms with Crippen molar-refractivity contribution in [3.63, 3.8) is 0 Å². The smallest absolute Gasteiger partial charge is 0.410 e. The molecule has 1 saturated heterocycles. The van der Waals surface area contributed by atoms with E-state index in [4.69, 9.17) is 9.47 Å². The van der Waals surface area contributed by atoms with Crippen LogP contribution in [0.3, 0.4) is 0 Å². The summed E-state index contributed by atoms with van der Waals surface area (Å²) in [6, 6.07) is 6.21. The number of halogens is 1. The SMILES string of the molecule is Cc1cc(I)ccc1OC[C@@H]1CCCN1C(=O)OC(C)(C)C. The van der Waals surface area contributed by atoms with Crippen molar-refractivity contribution >= 4 is 28.7 Å². The fraction of sp³-hybridized carbons (Fsp3) is 0.588. The van der Waals surface area contributed by atoms with Gasteiger partial charge in [0.25, 0.3) is 0 Å². The van der Waals surface area contributed by atoms with Gasteiger partial charge in [0.2, 0.25) is 0 Å². The lowest BCUT2D eigenvalue weighted by molar-refractivity contribution is 0.0187. The zero-order chi connectivity index (χ0) is 16.3. The summed E-state index contributed by atoms with van der Waals surface area (Å²) < 4.78 is 12.6. The number of aryl methyl sites for hydroxylation is 1. The van der Waals surface area contributed by atoms with E-state index < -0.39 is 5.60 Å². The van der Waals surface area contributed by atoms with Crippen LogP contribution < -0.4 is 4.74 Å². The Balaban J connectivity index is 1.95. The summed E-state index contributed by atoms with van der Waals surface area (Å²) in [5.74, 6) is 0.886. The number of carbonyl (C=O) groups is 1. The normalized spacial score (nSPS) is 18.4. The number of hydrogen-bond acceptors (Lipinski definition) is 3. The summed E-state index contributed by atoms with van der Waals surface area (Å²) in [5, 5.41) is 0. The monoisotopic (exact) mass is 417 g/mol. The number of carbonyl (C=O) groups excluding carboxylic acids is 1. The molecule has 5 heteroatoms. The topological polar surface area (TPSA) is 38.8 Å². The first kappa shape index (κ1) is 17.4. The standard InChI is InChI=1S/C17H24INO3/c1-12-10-13(18)7-8-15(12)21-11-14-6-5-9-19(14)16(20)22-17(2,3)4/h7-8,10,14H,5-6,9,11H2,1-4H3/t14-/m0/s1. The second-order valence-corrected chi connectivity index (χ2v) is 7.94. The molecule has 1 fully saturated rings. The van der Waals surface area contributed by atoms with Gasteiger partial charge in [-0.3, -0.25) is 0 Å². The molecule has 0 N–H and O–H groups in total. The van der Waals surface area contributed by atoms with Crippen molar-refractivity contribution < 1.29 is 14.3 Å². The third-order valence-corrected chi connectivity index (χ3v) is 4.24. The van der Waals surface area contributed by atoms with Crippen LogP contribution in [0.15, 0.2) is 18.2 Å². The molecule has 1 aromatic rings. The van der Waals surface area contributed by atoms with Crippen molar-refractivity contribution in [3.05, 3.63) is 27.3 Å². The van der Waals surface area contributed by atoms with Crippen molar-refractivity contribution in [2.45, 2.75) is 52.2 Å². The number of ether oxygens (including phenoxy) is 2. The van der Waals surface area contributed by atoms with Crippen molar-refractivity contribution in [3.8, 4) is 5.75 Å². The third kappa shape index (κ3) is 4.76. The molecule has 1 amide bonds. The highest BCUT2D eigenvalue weighted by atomic mass is 127. The van der Waals surface area contributed by atoms with E-state index in [9.17, 15) is 4.79 Å². The maximum atomic E-state index is 12.2. The molecule has 2 rings (SSSR count). The molecule has 1 heterocycles. The van der Waals surface area contributed by atoms with E-state index in [-0.39, 0.29) is 12.1 Å². The van der Waals surface area contributed by atoms with Crippen molar-refractivity contribution in [2.75, 3.05) is 13.2 Å². The van der Waals surface area contributed by atoms with Gasteiger partial charge in [0.15, 0.2) is 0 Å². The van der Waals surface area contributed by atoms with Crippen molar-refractivity contribution in [1.82, 2.24) is 4.90 Å². The lowest BCUT2D eigenvalue weighted by atomic mass is 10.2. The third-order valence-electron chi connectivity index (χ3n) is 3.57. The Morgan fingerprint density at radius 1 is 1.41 bits per heavy atom. The highest BCUT2D eigenvalue weighted by Gasteiger charge is 2.32. The Bertz CT molecular complexity index is 539. The van der Waals surface area contributed by atoms with Gasteiger partial charge in [0.1, 0.15) is 18.0 Å². The van der Waals surface area contributed by atoms with Gasteiger partial charge in [-0.25, -0.2) is 4.79 Å². The molecular formula is C17H24INO3. The summed E-state index contributed by atoms with van der Waals surface area (Å²) in [4.78, 5) is 14.0. The molecule has 4 nitrogen and oxygen atoms in total. The first-order chi connectivity index (χ1) is 10.3. The molecular weight excluding hydrogens is 393 g/mol. The second kappa shape index (κ2) is 7.06. The van der Waals surface area contributed by atoms with E-state index in [2.05, 4.69) is 28.7 Å². The average molecular weight is 417 g/mol. The van der Waals surface area contributed by atoms with Crippen LogP contribution in [0.4, 0.5) is 4.79 Å². The van der Waals surface area contributed by atoms with Crippen LogP contribution in [0.5, 0.6) is 5.75 Å². The first-order valence-electron chi connectivity index (χ1n) is 7.65. The number of nitrogens with zero attached hydrogens (tertiary/aromatic N) is 1. The maximum Gasteiger partial charge on any atom is 0.410 e. The minimum absolute atomic E-state index is 0.0912. The van der Waals surface area contributed by atoms with Crippen LogP contribution in [0.25, 0.3) is 0 Å². The summed E-state index contributed by atoms with van der Waals surface area (Å²) >= 11 is 2.29. The predicted octanol–water partition coefficient (Wildman–Crippen LogP) is 4.38. The lowest BCUT2D eigenvalue weighted by Crippen LogP contribution is -2.42. The summed E-state index contributed by atoms with van der Waals surface area (Å²) in [6.07, 6.45) is 1.72. The van der Waals surface area contributed by atoms with E-state index in [1.165, 1.54) is 3.57 Å². The quantitative estimate of drug-likeness (QED) is 0.686. The minimum atomic E-state index is -0.461. The Morgan fingerprint density at radius 2 is 2.14 bits per heavy atom. The highest BCUT2D eigenvalue weighted by molar-refractivity contribution is 14.1. The molecule has 22 heavy (non-hydrogen) atoms. The Kier molecular flexibility index (Phi) is 5.58. The van der Waals surface area contributed by atoms with E-state index >= 15 is 0 Å². The van der Waals surface area contributed by atoms with Gasteiger partial charge < -0.3 is 14.4 Å². The number of benzene rings is 1. The molecule has 0 unspecified atom stereocenters. The summed E-state index contributed by atoms with van der Waals surface area (Å²) in [5.41, 5.74) is 0.659. The minimum Gasteiger partial charge on any atom is -0.491 e. The molecule has 0 bridgehead atoms. The summed E-state index contributed by atoms with van der Waals surface area (Å²) in [7, 11) is 0. The first-order valence-corrected chi connectivity index (χ1v) is 8.73. The van der Waals surface area contributed by atoms with Crippen LogP contribution in [0, 0.1) is 10.5 Å². The van der Waals surface area contributed by atoms with Gasteiger partial charge in [-0.05, 0) is 86.9 Å². The van der Waals surface area contributed by atoms with E-state index in [0.29, 0.717) is 6.61 Å². The molecule has 0 aliphatic carbocycles. The number of hydrogen-bond donors (Lipinski definition) is 0. The zero-order valence-corrected chi connectivity index (χ0v) is 15.8. The van der Waals surface area contributed by atoms with E-state index in [1.807, 2.05) is 39.8 Å². The molecule has 0 spiro atoms. The lowest BCUT2D eigenvalue weighted by Gasteiger charge is -2.28. The molecule has 0 radical (unpaired) electrons. The second-order valence-electron chi connectivity index (χ2n) is 6.69. The maximum absolute atomic E-state index is 12.2. The van der Waals surface area contributed by atoms with Gasteiger partial charge in [-0.15, -0.1) is 0 Å². The molecule has 0 saturated carbocycles. The Labute approximate surface area is 146 Å². The number of rotatable bonds is 3. The van der Waals surface area contributed by atoms with Crippen LogP contribution in [-0.4, -0.2) is 35.8 Å². The largest absolute Gasteiger partial charge is 0.491 e. The van der Waals surface area contributed by atoms with E-state index in [0.717, 1.165) is 30.7 Å². The van der Waals surface area contributed by atoms with Gasteiger partial charge in [-0.1, -0.05) is 0 Å². The molecule has 1 aliphatic heterocycles. The van der Waals surface area contributed by atoms with Crippen LogP contribution in [-0.2, 0) is 4.74 Å². The van der Waals surface area contributed by atoms with E-state index in [1.54, 1.807) is 4.90 Å².